The number of H-pyrrole nitrogens is 1. The Bertz CT molecular complexity index is 1040. The van der Waals surface area contributed by atoms with Crippen LogP contribution in [0.25, 0.3) is 0 Å². The van der Waals surface area contributed by atoms with E-state index < -0.39 is 5.82 Å². The molecule has 30 heavy (non-hydrogen) atoms. The summed E-state index contributed by atoms with van der Waals surface area (Å²) in [6.45, 7) is 2.50. The van der Waals surface area contributed by atoms with Crippen molar-refractivity contribution in [3.63, 3.8) is 0 Å². The highest BCUT2D eigenvalue weighted by Crippen LogP contribution is 2.24. The molecule has 0 radical (unpaired) electrons. The summed E-state index contributed by atoms with van der Waals surface area (Å²) in [4.78, 5) is 38.2. The van der Waals surface area contributed by atoms with E-state index in [9.17, 15) is 18.8 Å². The average Bonchev–Trinajstić information content (AvgIpc) is 2.76. The Morgan fingerprint density at radius 3 is 2.57 bits per heavy atom. The first-order chi connectivity index (χ1) is 14.4. The zero-order valence-corrected chi connectivity index (χ0v) is 17.2. The number of Topliss-reactive ketones (excluding diaryl/α,β-unsaturated/α-hetero) is 1. The third-order valence-electron chi connectivity index (χ3n) is 6.37. The van der Waals surface area contributed by atoms with Gasteiger partial charge in [-0.2, -0.15) is 5.10 Å². The largest absolute Gasteiger partial charge is 0.339 e. The van der Waals surface area contributed by atoms with Crippen LogP contribution in [0.3, 0.4) is 0 Å². The normalized spacial score (nSPS) is 16.9. The van der Waals surface area contributed by atoms with Crippen LogP contribution in [0.2, 0.25) is 0 Å². The van der Waals surface area contributed by atoms with E-state index in [1.807, 2.05) is 0 Å². The monoisotopic (exact) mass is 411 g/mol. The van der Waals surface area contributed by atoms with E-state index in [1.54, 1.807) is 24.0 Å². The van der Waals surface area contributed by atoms with Gasteiger partial charge >= 0.3 is 0 Å². The highest BCUT2D eigenvalue weighted by atomic mass is 19.1. The lowest BCUT2D eigenvalue weighted by Gasteiger charge is -2.31. The molecule has 6 nitrogen and oxygen atoms in total. The molecule has 0 bridgehead atoms. The number of amides is 1. The lowest BCUT2D eigenvalue weighted by Crippen LogP contribution is -2.40. The molecular formula is C23H26FN3O3. The van der Waals surface area contributed by atoms with Crippen molar-refractivity contribution < 1.29 is 14.0 Å². The van der Waals surface area contributed by atoms with Crippen LogP contribution in [0.15, 0.2) is 23.0 Å². The zero-order chi connectivity index (χ0) is 21.3. The Kier molecular flexibility index (Phi) is 5.79. The van der Waals surface area contributed by atoms with Crippen LogP contribution in [0, 0.1) is 11.7 Å². The van der Waals surface area contributed by atoms with E-state index in [1.165, 1.54) is 6.07 Å². The summed E-state index contributed by atoms with van der Waals surface area (Å²) in [6, 6.07) is 4.58. The van der Waals surface area contributed by atoms with Crippen molar-refractivity contribution in [3.8, 4) is 0 Å². The molecule has 1 aliphatic heterocycles. The maximum Gasteiger partial charge on any atom is 0.267 e. The lowest BCUT2D eigenvalue weighted by atomic mass is 9.90. The van der Waals surface area contributed by atoms with Crippen LogP contribution >= 0.6 is 0 Å². The summed E-state index contributed by atoms with van der Waals surface area (Å²) in [5.41, 5.74) is 3.29. The van der Waals surface area contributed by atoms with Crippen molar-refractivity contribution in [2.24, 2.45) is 5.92 Å². The third kappa shape index (κ3) is 4.06. The van der Waals surface area contributed by atoms with Gasteiger partial charge in [-0.3, -0.25) is 14.4 Å². The summed E-state index contributed by atoms with van der Waals surface area (Å²) in [6.07, 6.45) is 5.27. The number of nitrogens with one attached hydrogen (secondary N) is 1. The summed E-state index contributed by atoms with van der Waals surface area (Å²) >= 11 is 0. The van der Waals surface area contributed by atoms with E-state index in [-0.39, 0.29) is 28.7 Å². The van der Waals surface area contributed by atoms with Crippen molar-refractivity contribution in [2.75, 3.05) is 13.1 Å². The quantitative estimate of drug-likeness (QED) is 0.839. The van der Waals surface area contributed by atoms with E-state index in [2.05, 4.69) is 10.2 Å². The van der Waals surface area contributed by atoms with Crippen LogP contribution in [0.1, 0.15) is 65.3 Å². The smallest absolute Gasteiger partial charge is 0.267 e. The number of halogens is 1. The van der Waals surface area contributed by atoms with Gasteiger partial charge in [0.05, 0.1) is 11.3 Å². The Labute approximate surface area is 174 Å². The third-order valence-corrected chi connectivity index (χ3v) is 6.37. The van der Waals surface area contributed by atoms with Gasteiger partial charge in [-0.05, 0) is 68.7 Å². The van der Waals surface area contributed by atoms with Gasteiger partial charge in [0.25, 0.3) is 11.5 Å². The number of nitrogens with zero attached hydrogens (tertiary/aromatic N) is 2. The van der Waals surface area contributed by atoms with Crippen molar-refractivity contribution in [1.82, 2.24) is 15.1 Å². The second-order valence-electron chi connectivity index (χ2n) is 8.33. The van der Waals surface area contributed by atoms with Crippen molar-refractivity contribution in [1.29, 1.82) is 0 Å². The molecule has 1 aromatic carbocycles. The minimum absolute atomic E-state index is 0.0114. The molecule has 0 atom stereocenters. The minimum atomic E-state index is -0.547. The first kappa shape index (κ1) is 20.4. The number of ketones is 1. The molecular weight excluding hydrogens is 385 g/mol. The van der Waals surface area contributed by atoms with Crippen LogP contribution in [0.4, 0.5) is 4.39 Å². The molecule has 1 saturated heterocycles. The highest BCUT2D eigenvalue weighted by molar-refractivity contribution is 5.95. The number of aromatic nitrogens is 2. The second-order valence-corrected chi connectivity index (χ2v) is 8.33. The maximum absolute atomic E-state index is 14.5. The molecule has 1 aromatic heterocycles. The number of carbonyl (C=O) groups excluding carboxylic acids is 2. The fraction of sp³-hybridized carbons (Fsp3) is 0.478. The number of fused-ring (bicyclic) bond motifs is 1. The van der Waals surface area contributed by atoms with Gasteiger partial charge in [0.2, 0.25) is 0 Å². The van der Waals surface area contributed by atoms with Gasteiger partial charge in [-0.1, -0.05) is 6.07 Å². The van der Waals surface area contributed by atoms with Gasteiger partial charge in [-0.25, -0.2) is 9.49 Å². The minimum Gasteiger partial charge on any atom is -0.339 e. The molecule has 2 aromatic rings. The molecule has 1 fully saturated rings. The average molecular weight is 411 g/mol. The number of rotatable bonds is 4. The molecule has 158 valence electrons. The van der Waals surface area contributed by atoms with Gasteiger partial charge < -0.3 is 4.90 Å². The lowest BCUT2D eigenvalue weighted by molar-refractivity contribution is -0.121. The van der Waals surface area contributed by atoms with Crippen molar-refractivity contribution in [3.05, 3.63) is 62.3 Å². The number of hydrogen-bond donors (Lipinski definition) is 1. The predicted molar refractivity (Wildman–Crippen MR) is 110 cm³/mol. The molecule has 4 rings (SSSR count). The fourth-order valence-electron chi connectivity index (χ4n) is 4.57. The Balaban J connectivity index is 1.55. The van der Waals surface area contributed by atoms with E-state index >= 15 is 0 Å². The number of hydrogen-bond acceptors (Lipinski definition) is 4. The molecule has 1 N–H and O–H groups in total. The van der Waals surface area contributed by atoms with Gasteiger partial charge in [0.15, 0.2) is 0 Å². The van der Waals surface area contributed by atoms with Crippen LogP contribution < -0.4 is 5.56 Å². The molecule has 1 aliphatic carbocycles. The summed E-state index contributed by atoms with van der Waals surface area (Å²) in [5.74, 6) is -0.753. The second kappa shape index (κ2) is 8.50. The molecule has 0 spiro atoms. The summed E-state index contributed by atoms with van der Waals surface area (Å²) < 4.78 is 14.5. The molecule has 2 aliphatic rings. The summed E-state index contributed by atoms with van der Waals surface area (Å²) in [7, 11) is 0. The number of benzene rings is 1. The topological polar surface area (TPSA) is 83.1 Å². The Hall–Kier alpha value is -2.83. The first-order valence-corrected chi connectivity index (χ1v) is 10.6. The number of carbonyl (C=O) groups is 2. The van der Waals surface area contributed by atoms with E-state index in [0.29, 0.717) is 32.4 Å². The van der Waals surface area contributed by atoms with Crippen LogP contribution in [-0.2, 0) is 24.1 Å². The molecule has 2 heterocycles. The van der Waals surface area contributed by atoms with Crippen LogP contribution in [-0.4, -0.2) is 39.9 Å². The highest BCUT2D eigenvalue weighted by Gasteiger charge is 2.27. The van der Waals surface area contributed by atoms with Gasteiger partial charge in [-0.15, -0.1) is 0 Å². The van der Waals surface area contributed by atoms with Gasteiger partial charge in [0, 0.05) is 31.0 Å². The molecule has 0 unspecified atom stereocenters. The first-order valence-electron chi connectivity index (χ1n) is 10.6. The van der Waals surface area contributed by atoms with E-state index in [4.69, 9.17) is 0 Å². The standard InChI is InChI=1S/C23H26FN3O3/c1-14(28)16-8-10-27(11-9-16)23(30)19-12-15(6-7-20(19)24)13-21-17-4-2-3-5-18(17)22(29)26-25-21/h6-7,12,16H,2-5,8-11,13H2,1H3,(H,26,29). The predicted octanol–water partition coefficient (Wildman–Crippen LogP) is 2.82. The molecule has 0 saturated carbocycles. The SMILES string of the molecule is CC(=O)C1CCN(C(=O)c2cc(Cc3n[nH]c(=O)c4c3CCCC4)ccc2F)CC1. The molecule has 7 heteroatoms. The zero-order valence-electron chi connectivity index (χ0n) is 17.2. The Morgan fingerprint density at radius 2 is 1.87 bits per heavy atom. The Morgan fingerprint density at radius 1 is 1.17 bits per heavy atom. The number of likely N-dealkylation sites (tertiary alicyclic amines) is 1. The van der Waals surface area contributed by atoms with Gasteiger partial charge in [0.1, 0.15) is 11.6 Å². The van der Waals surface area contributed by atoms with E-state index in [0.717, 1.165) is 48.1 Å². The molecule has 1 amide bonds. The maximum atomic E-state index is 14.5. The summed E-state index contributed by atoms with van der Waals surface area (Å²) in [5, 5.41) is 6.82. The van der Waals surface area contributed by atoms with Crippen molar-refractivity contribution in [2.45, 2.75) is 51.9 Å². The van der Waals surface area contributed by atoms with Crippen LogP contribution in [0.5, 0.6) is 0 Å². The number of piperidine rings is 1. The van der Waals surface area contributed by atoms with Crippen molar-refractivity contribution >= 4 is 11.7 Å². The number of aromatic amines is 1. The fourth-order valence-corrected chi connectivity index (χ4v) is 4.57.